The van der Waals surface area contributed by atoms with E-state index in [0.717, 1.165) is 15.4 Å². The lowest BCUT2D eigenvalue weighted by molar-refractivity contribution is -0.119. The predicted molar refractivity (Wildman–Crippen MR) is 143 cm³/mol. The van der Waals surface area contributed by atoms with Crippen molar-refractivity contribution in [3.05, 3.63) is 92.9 Å². The summed E-state index contributed by atoms with van der Waals surface area (Å²) in [7, 11) is -3.96. The lowest BCUT2D eigenvalue weighted by Gasteiger charge is -2.24. The maximum Gasteiger partial charge on any atom is 0.264 e. The molecule has 0 aromatic heterocycles. The molecule has 1 N–H and O–H groups in total. The molecule has 180 valence electrons. The van der Waals surface area contributed by atoms with E-state index in [2.05, 4.69) is 5.32 Å². The summed E-state index contributed by atoms with van der Waals surface area (Å²) in [5.41, 5.74) is 2.25. The van der Waals surface area contributed by atoms with Crippen molar-refractivity contribution < 1.29 is 13.2 Å². The number of nitrogens with one attached hydrogen (secondary N) is 1. The molecule has 0 radical (unpaired) electrons. The summed E-state index contributed by atoms with van der Waals surface area (Å²) < 4.78 is 27.8. The van der Waals surface area contributed by atoms with Crippen molar-refractivity contribution in [2.75, 3.05) is 23.1 Å². The first-order chi connectivity index (χ1) is 16.2. The highest BCUT2D eigenvalue weighted by atomic mass is 35.5. The van der Waals surface area contributed by atoms with Gasteiger partial charge in [-0.25, -0.2) is 8.42 Å². The van der Waals surface area contributed by atoms with Gasteiger partial charge in [0.2, 0.25) is 5.91 Å². The lowest BCUT2D eigenvalue weighted by atomic mass is 10.2. The van der Waals surface area contributed by atoms with Gasteiger partial charge < -0.3 is 5.32 Å². The molecule has 0 aliphatic rings. The van der Waals surface area contributed by atoms with E-state index in [4.69, 9.17) is 34.8 Å². The van der Waals surface area contributed by atoms with Crippen molar-refractivity contribution >= 4 is 68.2 Å². The molecule has 3 aromatic carbocycles. The highest BCUT2D eigenvalue weighted by Crippen LogP contribution is 2.26. The largest absolute Gasteiger partial charge is 0.354 e. The highest BCUT2D eigenvalue weighted by molar-refractivity contribution is 7.98. The van der Waals surface area contributed by atoms with E-state index in [0.29, 0.717) is 38.8 Å². The highest BCUT2D eigenvalue weighted by Gasteiger charge is 2.27. The number of halogens is 3. The van der Waals surface area contributed by atoms with Crippen LogP contribution in [0.25, 0.3) is 0 Å². The molecular weight excluding hydrogens is 535 g/mol. The monoisotopic (exact) mass is 556 g/mol. The molecule has 0 aliphatic heterocycles. The Bertz CT molecular complexity index is 1240. The summed E-state index contributed by atoms with van der Waals surface area (Å²) in [6, 6.07) is 18.2. The molecule has 0 aliphatic carbocycles. The van der Waals surface area contributed by atoms with E-state index in [9.17, 15) is 13.2 Å². The van der Waals surface area contributed by atoms with Gasteiger partial charge in [0.05, 0.1) is 10.6 Å². The smallest absolute Gasteiger partial charge is 0.264 e. The van der Waals surface area contributed by atoms with E-state index < -0.39 is 15.9 Å². The number of carbonyl (C=O) groups excluding carboxylic acids is 1. The Morgan fingerprint density at radius 2 is 1.59 bits per heavy atom. The van der Waals surface area contributed by atoms with Crippen LogP contribution >= 0.6 is 46.6 Å². The maximum atomic E-state index is 13.3. The van der Waals surface area contributed by atoms with Crippen molar-refractivity contribution in [2.45, 2.75) is 17.6 Å². The van der Waals surface area contributed by atoms with E-state index in [1.54, 1.807) is 60.3 Å². The van der Waals surface area contributed by atoms with Gasteiger partial charge >= 0.3 is 0 Å². The molecule has 0 heterocycles. The first-order valence-corrected chi connectivity index (χ1v) is 14.0. The number of hydrogen-bond acceptors (Lipinski definition) is 4. The third kappa shape index (κ3) is 7.30. The fraction of sp³-hybridized carbons (Fsp3) is 0.208. The van der Waals surface area contributed by atoms with Crippen molar-refractivity contribution in [2.24, 2.45) is 0 Å². The molecule has 10 heteroatoms. The molecule has 1 amide bonds. The van der Waals surface area contributed by atoms with Crippen LogP contribution in [0.4, 0.5) is 5.69 Å². The summed E-state index contributed by atoms with van der Waals surface area (Å²) in [6.45, 7) is 1.90. The topological polar surface area (TPSA) is 66.5 Å². The van der Waals surface area contributed by atoms with Crippen LogP contribution in [0.5, 0.6) is 0 Å². The molecular formula is C24H23Cl3N2O3S2. The van der Waals surface area contributed by atoms with Crippen molar-refractivity contribution in [1.82, 2.24) is 5.32 Å². The second kappa shape index (κ2) is 12.2. The van der Waals surface area contributed by atoms with Gasteiger partial charge in [-0.05, 0) is 61.0 Å². The molecule has 0 unspecified atom stereocenters. The van der Waals surface area contributed by atoms with E-state index in [1.807, 2.05) is 13.0 Å². The Hall–Kier alpha value is -1.90. The Morgan fingerprint density at radius 1 is 0.941 bits per heavy atom. The minimum absolute atomic E-state index is 0.108. The molecule has 0 spiro atoms. The Balaban J connectivity index is 1.63. The molecule has 3 aromatic rings. The van der Waals surface area contributed by atoms with E-state index >= 15 is 0 Å². The average Bonchev–Trinajstić information content (AvgIpc) is 2.79. The van der Waals surface area contributed by atoms with Gasteiger partial charge in [-0.2, -0.15) is 11.8 Å². The molecule has 0 saturated carbocycles. The Morgan fingerprint density at radius 3 is 2.24 bits per heavy atom. The normalized spacial score (nSPS) is 11.3. The fourth-order valence-corrected chi connectivity index (χ4v) is 5.99. The summed E-state index contributed by atoms with van der Waals surface area (Å²) in [5, 5.41) is 4.44. The first kappa shape index (κ1) is 26.7. The zero-order valence-electron chi connectivity index (χ0n) is 18.3. The average molecular weight is 558 g/mol. The number of amides is 1. The summed E-state index contributed by atoms with van der Waals surface area (Å²) in [4.78, 5) is 12.8. The molecule has 34 heavy (non-hydrogen) atoms. The van der Waals surface area contributed by atoms with Gasteiger partial charge in [0.1, 0.15) is 6.54 Å². The summed E-state index contributed by atoms with van der Waals surface area (Å²) in [6.07, 6.45) is 0. The van der Waals surface area contributed by atoms with Gasteiger partial charge in [0, 0.05) is 33.1 Å². The van der Waals surface area contributed by atoms with Crippen LogP contribution in [-0.2, 0) is 20.6 Å². The second-order valence-corrected chi connectivity index (χ2v) is 11.7. The Labute approximate surface area is 219 Å². The number of carbonyl (C=O) groups is 1. The van der Waals surface area contributed by atoms with Crippen LogP contribution in [0.15, 0.2) is 71.6 Å². The number of hydrogen-bond donors (Lipinski definition) is 1. The number of benzene rings is 3. The molecule has 0 fully saturated rings. The van der Waals surface area contributed by atoms with Crippen LogP contribution in [-0.4, -0.2) is 33.2 Å². The Kier molecular flexibility index (Phi) is 9.56. The minimum Gasteiger partial charge on any atom is -0.354 e. The van der Waals surface area contributed by atoms with Crippen LogP contribution in [0.3, 0.4) is 0 Å². The van der Waals surface area contributed by atoms with Gasteiger partial charge in [-0.1, -0.05) is 58.6 Å². The molecule has 3 rings (SSSR count). The zero-order chi connectivity index (χ0) is 24.7. The number of rotatable bonds is 10. The van der Waals surface area contributed by atoms with Crippen LogP contribution in [0, 0.1) is 6.92 Å². The molecule has 0 atom stereocenters. The third-order valence-electron chi connectivity index (χ3n) is 4.85. The van der Waals surface area contributed by atoms with Gasteiger partial charge in [-0.3, -0.25) is 9.10 Å². The lowest BCUT2D eigenvalue weighted by Crippen LogP contribution is -2.41. The summed E-state index contributed by atoms with van der Waals surface area (Å²) >= 11 is 19.7. The number of aryl methyl sites for hydroxylation is 1. The molecule has 0 bridgehead atoms. The first-order valence-electron chi connectivity index (χ1n) is 10.3. The molecule has 0 saturated heterocycles. The quantitative estimate of drug-likeness (QED) is 0.301. The summed E-state index contributed by atoms with van der Waals surface area (Å²) in [5.74, 6) is 0.900. The predicted octanol–water partition coefficient (Wildman–Crippen LogP) is 6.20. The van der Waals surface area contributed by atoms with Crippen molar-refractivity contribution in [3.63, 3.8) is 0 Å². The fourth-order valence-electron chi connectivity index (χ4n) is 3.03. The molecule has 5 nitrogen and oxygen atoms in total. The SMILES string of the molecule is Cc1ccc(S(=O)(=O)N(CC(=O)NCCSCc2ccc(Cl)cc2Cl)c2ccc(Cl)cc2)cc1. The zero-order valence-corrected chi connectivity index (χ0v) is 22.2. The number of sulfonamides is 1. The minimum atomic E-state index is -3.96. The van der Waals surface area contributed by atoms with E-state index in [-0.39, 0.29) is 11.4 Å². The van der Waals surface area contributed by atoms with Crippen molar-refractivity contribution in [1.29, 1.82) is 0 Å². The van der Waals surface area contributed by atoms with Gasteiger partial charge in [0.15, 0.2) is 0 Å². The van der Waals surface area contributed by atoms with Gasteiger partial charge in [-0.15, -0.1) is 0 Å². The van der Waals surface area contributed by atoms with Crippen LogP contribution in [0.2, 0.25) is 15.1 Å². The number of thioether (sulfide) groups is 1. The van der Waals surface area contributed by atoms with Gasteiger partial charge in [0.25, 0.3) is 10.0 Å². The van der Waals surface area contributed by atoms with Crippen LogP contribution in [0.1, 0.15) is 11.1 Å². The van der Waals surface area contributed by atoms with Crippen LogP contribution < -0.4 is 9.62 Å². The third-order valence-corrected chi connectivity index (χ3v) is 8.49. The standard InChI is InChI=1S/C24H23Cl3N2O3S2/c1-17-2-10-22(11-3-17)34(31,32)29(21-8-6-19(25)7-9-21)15-24(30)28-12-13-33-16-18-4-5-20(26)14-23(18)27/h2-11,14H,12-13,15-16H2,1H3,(H,28,30). The number of nitrogens with zero attached hydrogens (tertiary/aromatic N) is 1. The maximum absolute atomic E-state index is 13.3. The second-order valence-electron chi connectivity index (χ2n) is 7.44. The van der Waals surface area contributed by atoms with E-state index in [1.165, 1.54) is 12.1 Å². The number of anilines is 1. The van der Waals surface area contributed by atoms with Crippen molar-refractivity contribution in [3.8, 4) is 0 Å².